The molecule has 16 heavy (non-hydrogen) atoms. The molecule has 0 heterocycles. The molecule has 1 rings (SSSR count). The summed E-state index contributed by atoms with van der Waals surface area (Å²) in [6.07, 6.45) is 5.18. The first-order valence-electron chi connectivity index (χ1n) is 6.76. The predicted octanol–water partition coefficient (Wildman–Crippen LogP) is 1.88. The average molecular weight is 228 g/mol. The van der Waals surface area contributed by atoms with Crippen LogP contribution in [0.1, 0.15) is 39.5 Å². The zero-order valence-electron chi connectivity index (χ0n) is 11.2. The summed E-state index contributed by atoms with van der Waals surface area (Å²) in [6.45, 7) is 8.30. The molecule has 0 aromatic carbocycles. The molecule has 3 nitrogen and oxygen atoms in total. The highest BCUT2D eigenvalue weighted by Gasteiger charge is 2.28. The number of nitrogens with zero attached hydrogens (tertiary/aromatic N) is 1. The maximum absolute atomic E-state index is 5.50. The van der Waals surface area contributed by atoms with Crippen molar-refractivity contribution < 1.29 is 4.74 Å². The van der Waals surface area contributed by atoms with Gasteiger partial charge in [0.1, 0.15) is 0 Å². The average Bonchev–Trinajstić information content (AvgIpc) is 3.10. The topological polar surface area (TPSA) is 24.5 Å². The Kier molecular flexibility index (Phi) is 7.01. The van der Waals surface area contributed by atoms with E-state index >= 15 is 0 Å². The highest BCUT2D eigenvalue weighted by atomic mass is 16.5. The van der Waals surface area contributed by atoms with Crippen molar-refractivity contribution in [3.63, 3.8) is 0 Å². The van der Waals surface area contributed by atoms with E-state index in [1.165, 1.54) is 25.7 Å². The highest BCUT2D eigenvalue weighted by molar-refractivity contribution is 4.85. The van der Waals surface area contributed by atoms with Crippen LogP contribution in [0, 0.1) is 0 Å². The summed E-state index contributed by atoms with van der Waals surface area (Å²) < 4.78 is 5.50. The molecule has 0 aromatic heterocycles. The lowest BCUT2D eigenvalue weighted by atomic mass is 10.3. The minimum Gasteiger partial charge on any atom is -0.380 e. The van der Waals surface area contributed by atoms with Gasteiger partial charge >= 0.3 is 0 Å². The molecule has 96 valence electrons. The molecule has 1 aliphatic rings. The van der Waals surface area contributed by atoms with Crippen molar-refractivity contribution in [2.24, 2.45) is 0 Å². The number of hydrogen-bond acceptors (Lipinski definition) is 3. The molecule has 1 atom stereocenters. The Morgan fingerprint density at radius 3 is 2.75 bits per heavy atom. The first-order valence-corrected chi connectivity index (χ1v) is 6.76. The Labute approximate surface area is 101 Å². The van der Waals surface area contributed by atoms with E-state index in [9.17, 15) is 0 Å². The second-order valence-corrected chi connectivity index (χ2v) is 4.92. The minimum atomic E-state index is 0.642. The van der Waals surface area contributed by atoms with Crippen molar-refractivity contribution in [3.8, 4) is 0 Å². The fourth-order valence-corrected chi connectivity index (χ4v) is 1.79. The molecule has 1 N–H and O–H groups in total. The van der Waals surface area contributed by atoms with Crippen molar-refractivity contribution in [1.29, 1.82) is 0 Å². The van der Waals surface area contributed by atoms with Gasteiger partial charge in [0.15, 0.2) is 0 Å². The van der Waals surface area contributed by atoms with Gasteiger partial charge in [-0.25, -0.2) is 0 Å². The van der Waals surface area contributed by atoms with Crippen LogP contribution in [0.2, 0.25) is 0 Å². The number of ether oxygens (including phenoxy) is 1. The summed E-state index contributed by atoms with van der Waals surface area (Å²) in [4.78, 5) is 2.49. The fourth-order valence-electron chi connectivity index (χ4n) is 1.79. The molecule has 0 amide bonds. The van der Waals surface area contributed by atoms with Crippen molar-refractivity contribution in [3.05, 3.63) is 0 Å². The van der Waals surface area contributed by atoms with Gasteiger partial charge in [-0.3, -0.25) is 4.90 Å². The molecule has 0 aliphatic heterocycles. The largest absolute Gasteiger partial charge is 0.380 e. The van der Waals surface area contributed by atoms with Crippen LogP contribution in [0.5, 0.6) is 0 Å². The number of likely N-dealkylation sites (N-methyl/N-ethyl adjacent to an activating group) is 1. The van der Waals surface area contributed by atoms with E-state index in [1.54, 1.807) is 0 Å². The van der Waals surface area contributed by atoms with Crippen molar-refractivity contribution in [1.82, 2.24) is 10.2 Å². The first-order chi connectivity index (χ1) is 7.75. The Morgan fingerprint density at radius 1 is 1.38 bits per heavy atom. The van der Waals surface area contributed by atoms with Crippen LogP contribution >= 0.6 is 0 Å². The summed E-state index contributed by atoms with van der Waals surface area (Å²) >= 11 is 0. The molecular weight excluding hydrogens is 200 g/mol. The van der Waals surface area contributed by atoms with E-state index < -0.39 is 0 Å². The predicted molar refractivity (Wildman–Crippen MR) is 68.8 cm³/mol. The van der Waals surface area contributed by atoms with Gasteiger partial charge in [-0.2, -0.15) is 0 Å². The van der Waals surface area contributed by atoms with Crippen molar-refractivity contribution in [2.45, 2.75) is 51.6 Å². The standard InChI is InChI=1S/C13H28N2O/c1-4-5-9-16-10-8-14-11-12(2)15(3)13-6-7-13/h12-14H,4-11H2,1-3H3. The lowest BCUT2D eigenvalue weighted by Gasteiger charge is -2.24. The molecule has 1 saturated carbocycles. The van der Waals surface area contributed by atoms with Crippen LogP contribution < -0.4 is 5.32 Å². The normalized spacial score (nSPS) is 18.0. The summed E-state index contributed by atoms with van der Waals surface area (Å²) in [5, 5.41) is 3.46. The van der Waals surface area contributed by atoms with Crippen LogP contribution in [-0.4, -0.2) is 50.3 Å². The summed E-state index contributed by atoms with van der Waals surface area (Å²) in [6, 6.07) is 1.50. The number of unbranched alkanes of at least 4 members (excludes halogenated alkanes) is 1. The van der Waals surface area contributed by atoms with Gasteiger partial charge in [-0.05, 0) is 33.2 Å². The lowest BCUT2D eigenvalue weighted by Crippen LogP contribution is -2.40. The van der Waals surface area contributed by atoms with Gasteiger partial charge < -0.3 is 10.1 Å². The molecule has 1 aliphatic carbocycles. The Balaban J connectivity index is 1.86. The van der Waals surface area contributed by atoms with Gasteiger partial charge in [0, 0.05) is 31.8 Å². The van der Waals surface area contributed by atoms with Gasteiger partial charge in [0.25, 0.3) is 0 Å². The third-order valence-corrected chi connectivity index (χ3v) is 3.32. The second-order valence-electron chi connectivity index (χ2n) is 4.92. The third kappa shape index (κ3) is 5.83. The zero-order valence-corrected chi connectivity index (χ0v) is 11.2. The Hall–Kier alpha value is -0.120. The van der Waals surface area contributed by atoms with E-state index in [0.29, 0.717) is 6.04 Å². The van der Waals surface area contributed by atoms with E-state index in [2.05, 4.69) is 31.1 Å². The Bertz CT molecular complexity index is 171. The maximum atomic E-state index is 5.50. The maximum Gasteiger partial charge on any atom is 0.0590 e. The summed E-state index contributed by atoms with van der Waals surface area (Å²) in [7, 11) is 2.24. The number of nitrogens with one attached hydrogen (secondary N) is 1. The molecule has 3 heteroatoms. The van der Waals surface area contributed by atoms with E-state index in [0.717, 1.165) is 32.3 Å². The van der Waals surface area contributed by atoms with Crippen molar-refractivity contribution >= 4 is 0 Å². The van der Waals surface area contributed by atoms with Crippen molar-refractivity contribution in [2.75, 3.05) is 33.4 Å². The van der Waals surface area contributed by atoms with Crippen LogP contribution in [0.15, 0.2) is 0 Å². The molecule has 0 saturated heterocycles. The SMILES string of the molecule is CCCCOCCNCC(C)N(C)C1CC1. The quantitative estimate of drug-likeness (QED) is 0.578. The van der Waals surface area contributed by atoms with Gasteiger partial charge in [-0.1, -0.05) is 13.3 Å². The zero-order chi connectivity index (χ0) is 11.8. The van der Waals surface area contributed by atoms with E-state index in [4.69, 9.17) is 4.74 Å². The highest BCUT2D eigenvalue weighted by Crippen LogP contribution is 2.26. The van der Waals surface area contributed by atoms with Crippen LogP contribution in [0.25, 0.3) is 0 Å². The molecule has 1 unspecified atom stereocenters. The van der Waals surface area contributed by atoms with E-state index in [-0.39, 0.29) is 0 Å². The molecule has 0 spiro atoms. The summed E-state index contributed by atoms with van der Waals surface area (Å²) in [5.74, 6) is 0. The third-order valence-electron chi connectivity index (χ3n) is 3.32. The monoisotopic (exact) mass is 228 g/mol. The molecule has 0 aromatic rings. The van der Waals surface area contributed by atoms with Gasteiger partial charge in [0.05, 0.1) is 6.61 Å². The Morgan fingerprint density at radius 2 is 2.12 bits per heavy atom. The number of hydrogen-bond donors (Lipinski definition) is 1. The lowest BCUT2D eigenvalue weighted by molar-refractivity contribution is 0.130. The van der Waals surface area contributed by atoms with Crippen LogP contribution in [-0.2, 0) is 4.74 Å². The van der Waals surface area contributed by atoms with Gasteiger partial charge in [0.2, 0.25) is 0 Å². The molecule has 0 radical (unpaired) electrons. The number of rotatable bonds is 10. The molecular formula is C13H28N2O. The van der Waals surface area contributed by atoms with E-state index in [1.807, 2.05) is 0 Å². The van der Waals surface area contributed by atoms with Crippen LogP contribution in [0.4, 0.5) is 0 Å². The summed E-state index contributed by atoms with van der Waals surface area (Å²) in [5.41, 5.74) is 0. The van der Waals surface area contributed by atoms with Gasteiger partial charge in [-0.15, -0.1) is 0 Å². The minimum absolute atomic E-state index is 0.642. The second kappa shape index (κ2) is 8.04. The fraction of sp³-hybridized carbons (Fsp3) is 1.00. The molecule has 1 fully saturated rings. The first kappa shape index (κ1) is 13.9. The molecule has 0 bridgehead atoms. The van der Waals surface area contributed by atoms with Crippen LogP contribution in [0.3, 0.4) is 0 Å². The smallest absolute Gasteiger partial charge is 0.0590 e.